The summed E-state index contributed by atoms with van der Waals surface area (Å²) in [6.07, 6.45) is 0. The maximum absolute atomic E-state index is 10.1. The summed E-state index contributed by atoms with van der Waals surface area (Å²) >= 11 is 10.6. The summed E-state index contributed by atoms with van der Waals surface area (Å²) in [6.45, 7) is 1.41. The lowest BCUT2D eigenvalue weighted by atomic mass is 10.1. The maximum Gasteiger partial charge on any atom is 0.246 e. The minimum absolute atomic E-state index is 0.0521. The van der Waals surface area contributed by atoms with Gasteiger partial charge in [-0.1, -0.05) is 0 Å². The summed E-state index contributed by atoms with van der Waals surface area (Å²) < 4.78 is 0. The Balaban J connectivity index is 4.09. The summed E-state index contributed by atoms with van der Waals surface area (Å²) in [5.74, 6) is -0.104. The first-order valence-corrected chi connectivity index (χ1v) is 3.40. The number of hydrogen-bond donors (Lipinski definition) is 0. The van der Waals surface area contributed by atoms with Crippen molar-refractivity contribution in [1.29, 1.82) is 0 Å². The van der Waals surface area contributed by atoms with E-state index in [1.165, 1.54) is 6.92 Å². The van der Waals surface area contributed by atoms with Gasteiger partial charge in [0, 0.05) is 11.8 Å². The number of nitro groups is 1. The van der Waals surface area contributed by atoms with E-state index in [-0.39, 0.29) is 11.8 Å². The zero-order valence-corrected chi connectivity index (χ0v) is 6.45. The van der Waals surface area contributed by atoms with Crippen LogP contribution in [-0.4, -0.2) is 22.2 Å². The van der Waals surface area contributed by atoms with Gasteiger partial charge in [-0.05, 0) is 0 Å². The molecule has 0 aromatic rings. The van der Waals surface area contributed by atoms with E-state index in [1.807, 2.05) is 0 Å². The standard InChI is InChI=1S/C4H7Cl2NO2/c1-4(2-5,3-6)7(8)9/h2-3H2,1H3. The van der Waals surface area contributed by atoms with Gasteiger partial charge in [-0.2, -0.15) is 0 Å². The molecule has 0 rings (SSSR count). The lowest BCUT2D eigenvalue weighted by Gasteiger charge is -2.12. The molecule has 0 amide bonds. The summed E-state index contributed by atoms with van der Waals surface area (Å²) in [6, 6.07) is 0. The average Bonchev–Trinajstić information content (AvgIpc) is 1.86. The summed E-state index contributed by atoms with van der Waals surface area (Å²) in [7, 11) is 0. The van der Waals surface area contributed by atoms with Gasteiger partial charge in [0.05, 0.1) is 11.8 Å². The average molecular weight is 172 g/mol. The van der Waals surface area contributed by atoms with Crippen molar-refractivity contribution in [3.8, 4) is 0 Å². The third kappa shape index (κ3) is 1.99. The molecule has 0 saturated heterocycles. The Hall–Kier alpha value is -0.0200. The van der Waals surface area contributed by atoms with E-state index < -0.39 is 10.5 Å². The van der Waals surface area contributed by atoms with Crippen molar-refractivity contribution in [3.63, 3.8) is 0 Å². The fourth-order valence-corrected chi connectivity index (χ4v) is 0.614. The molecule has 0 radical (unpaired) electrons. The first-order valence-electron chi connectivity index (χ1n) is 2.33. The van der Waals surface area contributed by atoms with Crippen LogP contribution in [0.15, 0.2) is 0 Å². The molecule has 9 heavy (non-hydrogen) atoms. The monoisotopic (exact) mass is 171 g/mol. The highest BCUT2D eigenvalue weighted by molar-refractivity contribution is 6.21. The van der Waals surface area contributed by atoms with E-state index in [4.69, 9.17) is 23.2 Å². The van der Waals surface area contributed by atoms with Gasteiger partial charge in [-0.15, -0.1) is 23.2 Å². The van der Waals surface area contributed by atoms with Crippen LogP contribution in [0, 0.1) is 10.1 Å². The minimum atomic E-state index is -1.16. The zero-order chi connectivity index (χ0) is 7.49. The lowest BCUT2D eigenvalue weighted by molar-refractivity contribution is -0.552. The molecule has 0 fully saturated rings. The normalized spacial score (nSPS) is 11.4. The molecule has 0 aromatic heterocycles. The van der Waals surface area contributed by atoms with Gasteiger partial charge in [0.1, 0.15) is 0 Å². The second-order valence-electron chi connectivity index (χ2n) is 2.02. The predicted octanol–water partition coefficient (Wildman–Crippen LogP) is 1.50. The predicted molar refractivity (Wildman–Crippen MR) is 36.8 cm³/mol. The van der Waals surface area contributed by atoms with Gasteiger partial charge in [0.15, 0.2) is 0 Å². The molecule has 0 aliphatic carbocycles. The molecular formula is C4H7Cl2NO2. The topological polar surface area (TPSA) is 43.1 Å². The van der Waals surface area contributed by atoms with Crippen LogP contribution in [0.1, 0.15) is 6.92 Å². The first kappa shape index (κ1) is 8.98. The van der Waals surface area contributed by atoms with Crippen molar-refractivity contribution in [3.05, 3.63) is 10.1 Å². The van der Waals surface area contributed by atoms with Crippen molar-refractivity contribution in [2.45, 2.75) is 12.5 Å². The van der Waals surface area contributed by atoms with E-state index in [0.29, 0.717) is 0 Å². The quantitative estimate of drug-likeness (QED) is 0.367. The van der Waals surface area contributed by atoms with Crippen molar-refractivity contribution >= 4 is 23.2 Å². The Morgan fingerprint density at radius 2 is 1.89 bits per heavy atom. The molecule has 0 saturated carbocycles. The molecule has 0 N–H and O–H groups in total. The number of halogens is 2. The largest absolute Gasteiger partial charge is 0.264 e. The third-order valence-corrected chi connectivity index (χ3v) is 2.17. The van der Waals surface area contributed by atoms with Crippen LogP contribution >= 0.6 is 23.2 Å². The highest BCUT2D eigenvalue weighted by atomic mass is 35.5. The maximum atomic E-state index is 10.1. The van der Waals surface area contributed by atoms with Gasteiger partial charge < -0.3 is 0 Å². The lowest BCUT2D eigenvalue weighted by Crippen LogP contribution is -2.38. The van der Waals surface area contributed by atoms with Crippen LogP contribution in [0.2, 0.25) is 0 Å². The highest BCUT2D eigenvalue weighted by Crippen LogP contribution is 2.12. The van der Waals surface area contributed by atoms with Gasteiger partial charge in [0.2, 0.25) is 5.54 Å². The van der Waals surface area contributed by atoms with Crippen LogP contribution in [0.5, 0.6) is 0 Å². The highest BCUT2D eigenvalue weighted by Gasteiger charge is 2.34. The van der Waals surface area contributed by atoms with Crippen LogP contribution < -0.4 is 0 Å². The number of rotatable bonds is 3. The van der Waals surface area contributed by atoms with E-state index >= 15 is 0 Å². The van der Waals surface area contributed by atoms with Crippen molar-refractivity contribution in [1.82, 2.24) is 0 Å². The van der Waals surface area contributed by atoms with Crippen LogP contribution in [0.4, 0.5) is 0 Å². The molecule has 0 heterocycles. The minimum Gasteiger partial charge on any atom is -0.264 e. The Morgan fingerprint density at radius 3 is 1.89 bits per heavy atom. The molecule has 5 heteroatoms. The zero-order valence-electron chi connectivity index (χ0n) is 4.93. The molecule has 54 valence electrons. The Labute approximate surface area is 63.1 Å². The van der Waals surface area contributed by atoms with Gasteiger partial charge in [-0.3, -0.25) is 10.1 Å². The van der Waals surface area contributed by atoms with E-state index in [0.717, 1.165) is 0 Å². The van der Waals surface area contributed by atoms with Crippen LogP contribution in [0.25, 0.3) is 0 Å². The van der Waals surface area contributed by atoms with E-state index in [1.54, 1.807) is 0 Å². The molecule has 0 atom stereocenters. The molecule has 0 aliphatic heterocycles. The Kier molecular flexibility index (Phi) is 3.22. The van der Waals surface area contributed by atoms with E-state index in [2.05, 4.69) is 0 Å². The number of hydrogen-bond acceptors (Lipinski definition) is 2. The van der Waals surface area contributed by atoms with Crippen molar-refractivity contribution in [2.24, 2.45) is 0 Å². The molecule has 0 spiro atoms. The fraction of sp³-hybridized carbons (Fsp3) is 1.00. The van der Waals surface area contributed by atoms with Gasteiger partial charge in [-0.25, -0.2) is 0 Å². The molecule has 0 aromatic carbocycles. The van der Waals surface area contributed by atoms with E-state index in [9.17, 15) is 10.1 Å². The number of alkyl halides is 2. The summed E-state index contributed by atoms with van der Waals surface area (Å²) in [5.41, 5.74) is -1.16. The molecule has 3 nitrogen and oxygen atoms in total. The molecular weight excluding hydrogens is 165 g/mol. The summed E-state index contributed by atoms with van der Waals surface area (Å²) in [5, 5.41) is 10.1. The Morgan fingerprint density at radius 1 is 1.56 bits per heavy atom. The SMILES string of the molecule is CC(CCl)(CCl)[N+](=O)[O-]. The van der Waals surface area contributed by atoms with Gasteiger partial charge in [0.25, 0.3) is 0 Å². The summed E-state index contributed by atoms with van der Waals surface area (Å²) in [4.78, 5) is 9.65. The molecule has 0 bridgehead atoms. The number of nitrogens with zero attached hydrogens (tertiary/aromatic N) is 1. The first-order chi connectivity index (χ1) is 4.06. The van der Waals surface area contributed by atoms with Crippen molar-refractivity contribution in [2.75, 3.05) is 11.8 Å². The van der Waals surface area contributed by atoms with Crippen LogP contribution in [0.3, 0.4) is 0 Å². The molecule has 0 aliphatic rings. The van der Waals surface area contributed by atoms with Crippen LogP contribution in [-0.2, 0) is 0 Å². The third-order valence-electron chi connectivity index (χ3n) is 1.02. The second-order valence-corrected chi connectivity index (χ2v) is 2.56. The molecule has 0 unspecified atom stereocenters. The van der Waals surface area contributed by atoms with Gasteiger partial charge >= 0.3 is 0 Å². The van der Waals surface area contributed by atoms with Crippen molar-refractivity contribution < 1.29 is 4.92 Å². The fourth-order valence-electron chi connectivity index (χ4n) is 0.133. The second kappa shape index (κ2) is 3.22. The smallest absolute Gasteiger partial charge is 0.246 e. The Bertz CT molecular complexity index is 113.